The van der Waals surface area contributed by atoms with Crippen LogP contribution in [0.2, 0.25) is 0 Å². The summed E-state index contributed by atoms with van der Waals surface area (Å²) in [7, 11) is 0. The Labute approximate surface area is 125 Å². The highest BCUT2D eigenvalue weighted by Crippen LogP contribution is 2.32. The highest BCUT2D eigenvalue weighted by atomic mass is 79.9. The molecule has 0 bridgehead atoms. The molecule has 2 amide bonds. The number of nitrogens with one attached hydrogen (secondary N) is 2. The fourth-order valence-corrected chi connectivity index (χ4v) is 2.89. The van der Waals surface area contributed by atoms with E-state index in [1.54, 1.807) is 12.1 Å². The van der Waals surface area contributed by atoms with Gasteiger partial charge in [0.05, 0.1) is 12.0 Å². The summed E-state index contributed by atoms with van der Waals surface area (Å²) >= 11 is 3.32. The average molecular weight is 341 g/mol. The van der Waals surface area contributed by atoms with Gasteiger partial charge in [0.15, 0.2) is 0 Å². The first-order valence-corrected chi connectivity index (χ1v) is 7.35. The second-order valence-corrected chi connectivity index (χ2v) is 6.06. The molecule has 108 valence electrons. The van der Waals surface area contributed by atoms with E-state index in [-0.39, 0.29) is 12.5 Å². The lowest BCUT2D eigenvalue weighted by Crippen LogP contribution is -2.49. The fraction of sp³-hybridized carbons (Fsp3) is 0.429. The molecular formula is C14H17BrN2O3. The SMILES string of the molecule is O=C(O)CC1(NC(=O)Nc2ccc(Br)cc2)CCCC1. The molecule has 1 aliphatic rings. The zero-order valence-electron chi connectivity index (χ0n) is 11.0. The van der Waals surface area contributed by atoms with E-state index >= 15 is 0 Å². The van der Waals surface area contributed by atoms with E-state index in [2.05, 4.69) is 26.6 Å². The Balaban J connectivity index is 1.98. The molecule has 0 saturated heterocycles. The first-order valence-electron chi connectivity index (χ1n) is 6.56. The van der Waals surface area contributed by atoms with Crippen molar-refractivity contribution in [3.05, 3.63) is 28.7 Å². The van der Waals surface area contributed by atoms with Crippen molar-refractivity contribution < 1.29 is 14.7 Å². The number of hydrogen-bond donors (Lipinski definition) is 3. The topological polar surface area (TPSA) is 78.4 Å². The van der Waals surface area contributed by atoms with E-state index in [4.69, 9.17) is 5.11 Å². The summed E-state index contributed by atoms with van der Waals surface area (Å²) in [5.41, 5.74) is 0.0693. The molecule has 0 unspecified atom stereocenters. The lowest BCUT2D eigenvalue weighted by atomic mass is 9.93. The van der Waals surface area contributed by atoms with Crippen LogP contribution in [0.15, 0.2) is 28.7 Å². The van der Waals surface area contributed by atoms with Gasteiger partial charge in [-0.15, -0.1) is 0 Å². The van der Waals surface area contributed by atoms with Gasteiger partial charge in [0.1, 0.15) is 0 Å². The molecular weight excluding hydrogens is 324 g/mol. The third-order valence-electron chi connectivity index (χ3n) is 3.53. The highest BCUT2D eigenvalue weighted by Gasteiger charge is 2.37. The van der Waals surface area contributed by atoms with Crippen LogP contribution >= 0.6 is 15.9 Å². The second-order valence-electron chi connectivity index (χ2n) is 5.14. The van der Waals surface area contributed by atoms with Crippen LogP contribution in [0.3, 0.4) is 0 Å². The van der Waals surface area contributed by atoms with Crippen molar-refractivity contribution in [2.75, 3.05) is 5.32 Å². The molecule has 20 heavy (non-hydrogen) atoms. The van der Waals surface area contributed by atoms with Gasteiger partial charge in [-0.3, -0.25) is 4.79 Å². The Bertz CT molecular complexity index is 496. The molecule has 5 nitrogen and oxygen atoms in total. The number of anilines is 1. The summed E-state index contributed by atoms with van der Waals surface area (Å²) < 4.78 is 0.932. The maximum atomic E-state index is 12.0. The van der Waals surface area contributed by atoms with Gasteiger partial charge >= 0.3 is 12.0 Å². The predicted octanol–water partition coefficient (Wildman–Crippen LogP) is 3.36. The molecule has 6 heteroatoms. The molecule has 1 aromatic carbocycles. The normalized spacial score (nSPS) is 16.6. The molecule has 1 aromatic rings. The number of carboxylic acid groups (broad SMARTS) is 1. The zero-order valence-corrected chi connectivity index (χ0v) is 12.6. The molecule has 0 heterocycles. The van der Waals surface area contributed by atoms with Gasteiger partial charge in [-0.25, -0.2) is 4.79 Å². The molecule has 1 fully saturated rings. The van der Waals surface area contributed by atoms with E-state index in [1.807, 2.05) is 12.1 Å². The van der Waals surface area contributed by atoms with Gasteiger partial charge in [-0.05, 0) is 37.1 Å². The van der Waals surface area contributed by atoms with Crippen molar-refractivity contribution in [3.63, 3.8) is 0 Å². The molecule has 1 aliphatic carbocycles. The quantitative estimate of drug-likeness (QED) is 0.786. The summed E-state index contributed by atoms with van der Waals surface area (Å²) in [6, 6.07) is 6.87. The molecule has 0 aromatic heterocycles. The Hall–Kier alpha value is -1.56. The number of carbonyl (C=O) groups excluding carboxylic acids is 1. The maximum absolute atomic E-state index is 12.0. The highest BCUT2D eigenvalue weighted by molar-refractivity contribution is 9.10. The molecule has 0 radical (unpaired) electrons. The number of rotatable bonds is 4. The molecule has 1 saturated carbocycles. The number of amides is 2. The first kappa shape index (κ1) is 14.8. The first-order chi connectivity index (χ1) is 9.49. The van der Waals surface area contributed by atoms with E-state index in [0.29, 0.717) is 18.5 Å². The average Bonchev–Trinajstić information content (AvgIpc) is 2.79. The van der Waals surface area contributed by atoms with Gasteiger partial charge in [0, 0.05) is 10.2 Å². The smallest absolute Gasteiger partial charge is 0.319 e. The number of halogens is 1. The third kappa shape index (κ3) is 3.96. The van der Waals surface area contributed by atoms with Crippen molar-refractivity contribution in [2.24, 2.45) is 0 Å². The van der Waals surface area contributed by atoms with E-state index in [0.717, 1.165) is 17.3 Å². The van der Waals surface area contributed by atoms with Crippen LogP contribution in [0, 0.1) is 0 Å². The number of benzene rings is 1. The summed E-state index contributed by atoms with van der Waals surface area (Å²) in [5.74, 6) is -0.879. The Morgan fingerprint density at radius 1 is 1.20 bits per heavy atom. The number of carbonyl (C=O) groups is 2. The summed E-state index contributed by atoms with van der Waals surface area (Å²) in [4.78, 5) is 23.0. The van der Waals surface area contributed by atoms with Crippen molar-refractivity contribution in [3.8, 4) is 0 Å². The van der Waals surface area contributed by atoms with Crippen molar-refractivity contribution in [1.29, 1.82) is 0 Å². The molecule has 0 spiro atoms. The van der Waals surface area contributed by atoms with Gasteiger partial charge in [-0.1, -0.05) is 28.8 Å². The van der Waals surface area contributed by atoms with Crippen LogP contribution in [-0.2, 0) is 4.79 Å². The largest absolute Gasteiger partial charge is 0.481 e. The minimum atomic E-state index is -0.879. The summed E-state index contributed by atoms with van der Waals surface area (Å²) in [6.45, 7) is 0. The van der Waals surface area contributed by atoms with Crippen LogP contribution in [0.4, 0.5) is 10.5 Å². The van der Waals surface area contributed by atoms with Crippen LogP contribution in [0.25, 0.3) is 0 Å². The molecule has 2 rings (SSSR count). The minimum absolute atomic E-state index is 0.0270. The van der Waals surface area contributed by atoms with Crippen LogP contribution in [0.1, 0.15) is 32.1 Å². The van der Waals surface area contributed by atoms with Crippen LogP contribution < -0.4 is 10.6 Å². The fourth-order valence-electron chi connectivity index (χ4n) is 2.62. The zero-order chi connectivity index (χ0) is 14.6. The van der Waals surface area contributed by atoms with Gasteiger partial charge in [0.25, 0.3) is 0 Å². The van der Waals surface area contributed by atoms with E-state index < -0.39 is 11.5 Å². The van der Waals surface area contributed by atoms with E-state index in [1.165, 1.54) is 0 Å². The molecule has 0 aliphatic heterocycles. The van der Waals surface area contributed by atoms with Crippen molar-refractivity contribution >= 4 is 33.6 Å². The van der Waals surface area contributed by atoms with Crippen LogP contribution in [-0.4, -0.2) is 22.6 Å². The number of aliphatic carboxylic acids is 1. The lowest BCUT2D eigenvalue weighted by molar-refractivity contribution is -0.138. The second kappa shape index (κ2) is 6.26. The Morgan fingerprint density at radius 2 is 1.80 bits per heavy atom. The van der Waals surface area contributed by atoms with Gasteiger partial charge in [0.2, 0.25) is 0 Å². The van der Waals surface area contributed by atoms with Crippen molar-refractivity contribution in [2.45, 2.75) is 37.6 Å². The number of hydrogen-bond acceptors (Lipinski definition) is 2. The standard InChI is InChI=1S/C14H17BrN2O3/c15-10-3-5-11(6-4-10)16-13(20)17-14(9-12(18)19)7-1-2-8-14/h3-6H,1-2,7-9H2,(H,18,19)(H2,16,17,20). The summed E-state index contributed by atoms with van der Waals surface area (Å²) in [5, 5.41) is 14.6. The third-order valence-corrected chi connectivity index (χ3v) is 4.06. The maximum Gasteiger partial charge on any atom is 0.319 e. The Morgan fingerprint density at radius 3 is 2.35 bits per heavy atom. The lowest BCUT2D eigenvalue weighted by Gasteiger charge is -2.28. The molecule has 3 N–H and O–H groups in total. The van der Waals surface area contributed by atoms with E-state index in [9.17, 15) is 9.59 Å². The van der Waals surface area contributed by atoms with Gasteiger partial charge < -0.3 is 15.7 Å². The predicted molar refractivity (Wildman–Crippen MR) is 79.7 cm³/mol. The Kier molecular flexibility index (Phi) is 4.65. The monoisotopic (exact) mass is 340 g/mol. The van der Waals surface area contributed by atoms with Crippen LogP contribution in [0.5, 0.6) is 0 Å². The number of carboxylic acids is 1. The summed E-state index contributed by atoms with van der Waals surface area (Å²) in [6.07, 6.45) is 3.30. The minimum Gasteiger partial charge on any atom is -0.481 e. The van der Waals surface area contributed by atoms with Gasteiger partial charge in [-0.2, -0.15) is 0 Å². The number of urea groups is 1. The molecule has 0 atom stereocenters. The van der Waals surface area contributed by atoms with Crippen molar-refractivity contribution in [1.82, 2.24) is 5.32 Å².